The van der Waals surface area contributed by atoms with Gasteiger partial charge in [0.05, 0.1) is 0 Å². The van der Waals surface area contributed by atoms with E-state index in [9.17, 15) is 0 Å². The second-order valence-electron chi connectivity index (χ2n) is 12.1. The Kier molecular flexibility index (Phi) is 4.05. The Balaban J connectivity index is 1.59. The first kappa shape index (κ1) is 19.8. The first-order valence-electron chi connectivity index (χ1n) is 12.1. The highest BCUT2D eigenvalue weighted by Crippen LogP contribution is 2.63. The van der Waals surface area contributed by atoms with Crippen molar-refractivity contribution < 1.29 is 9.47 Å². The summed E-state index contributed by atoms with van der Waals surface area (Å²) in [5.74, 6) is 3.93. The van der Waals surface area contributed by atoms with E-state index in [2.05, 4.69) is 54.5 Å². The molecule has 0 bridgehead atoms. The molecule has 0 unspecified atom stereocenters. The minimum absolute atomic E-state index is 0.0379. The van der Waals surface area contributed by atoms with Crippen LogP contribution in [0.25, 0.3) is 0 Å². The Morgan fingerprint density at radius 1 is 0.690 bits per heavy atom. The molecule has 0 N–H and O–H groups in total. The van der Waals surface area contributed by atoms with E-state index in [4.69, 9.17) is 9.47 Å². The lowest BCUT2D eigenvalue weighted by molar-refractivity contribution is -0.0194. The van der Waals surface area contributed by atoms with E-state index in [-0.39, 0.29) is 22.0 Å². The van der Waals surface area contributed by atoms with Crippen molar-refractivity contribution in [3.05, 3.63) is 22.8 Å². The van der Waals surface area contributed by atoms with Crippen LogP contribution in [0.1, 0.15) is 110 Å². The van der Waals surface area contributed by atoms with Crippen LogP contribution < -0.4 is 9.47 Å². The molecule has 5 rings (SSSR count). The standard InChI is InChI=1S/C27H40O2/c1-17-8-12-26(13-9-17)24(4,5)20-16-21-23(19(3)22(20)28-26)29-27(25(21,6)7)14-10-18(2)11-15-27/h16-18H,8-15H2,1-7H3. The van der Waals surface area contributed by atoms with Gasteiger partial charge in [0.15, 0.2) is 0 Å². The molecule has 29 heavy (non-hydrogen) atoms. The first-order valence-corrected chi connectivity index (χ1v) is 12.1. The van der Waals surface area contributed by atoms with Crippen molar-refractivity contribution in [2.75, 3.05) is 0 Å². The summed E-state index contributed by atoms with van der Waals surface area (Å²) in [6.45, 7) is 16.8. The van der Waals surface area contributed by atoms with E-state index in [1.54, 1.807) is 0 Å². The van der Waals surface area contributed by atoms with Crippen LogP contribution in [0.3, 0.4) is 0 Å². The van der Waals surface area contributed by atoms with E-state index in [1.807, 2.05) is 0 Å². The Bertz CT molecular complexity index is 764. The Hall–Kier alpha value is -1.18. The molecule has 2 saturated carbocycles. The van der Waals surface area contributed by atoms with Crippen molar-refractivity contribution in [3.8, 4) is 11.5 Å². The highest BCUT2D eigenvalue weighted by atomic mass is 16.5. The van der Waals surface area contributed by atoms with E-state index in [0.717, 1.165) is 23.3 Å². The van der Waals surface area contributed by atoms with Gasteiger partial charge in [0.25, 0.3) is 0 Å². The van der Waals surface area contributed by atoms with Gasteiger partial charge >= 0.3 is 0 Å². The Morgan fingerprint density at radius 2 is 1.03 bits per heavy atom. The molecular weight excluding hydrogens is 356 g/mol. The first-order chi connectivity index (χ1) is 13.5. The smallest absolute Gasteiger partial charge is 0.130 e. The lowest BCUT2D eigenvalue weighted by Crippen LogP contribution is -2.51. The fourth-order valence-electron chi connectivity index (χ4n) is 7.02. The topological polar surface area (TPSA) is 18.5 Å². The molecule has 2 aliphatic heterocycles. The minimum atomic E-state index is -0.0379. The van der Waals surface area contributed by atoms with E-state index in [1.165, 1.54) is 68.1 Å². The summed E-state index contributed by atoms with van der Waals surface area (Å²) in [5, 5.41) is 0. The molecule has 2 heteroatoms. The van der Waals surface area contributed by atoms with Gasteiger partial charge in [-0.2, -0.15) is 0 Å². The molecule has 0 amide bonds. The highest BCUT2D eigenvalue weighted by Gasteiger charge is 2.60. The van der Waals surface area contributed by atoms with Gasteiger partial charge < -0.3 is 9.47 Å². The quantitative estimate of drug-likeness (QED) is 0.460. The average Bonchev–Trinajstić information content (AvgIpc) is 3.02. The monoisotopic (exact) mass is 396 g/mol. The molecule has 0 aromatic heterocycles. The third-order valence-corrected chi connectivity index (χ3v) is 9.84. The van der Waals surface area contributed by atoms with Crippen LogP contribution in [0.4, 0.5) is 0 Å². The van der Waals surface area contributed by atoms with Crippen LogP contribution >= 0.6 is 0 Å². The maximum absolute atomic E-state index is 6.94. The molecular formula is C27H40O2. The van der Waals surface area contributed by atoms with E-state index >= 15 is 0 Å². The molecule has 2 aliphatic carbocycles. The Labute approximate surface area is 177 Å². The normalized spacial score (nSPS) is 39.1. The fraction of sp³-hybridized carbons (Fsp3) is 0.778. The predicted molar refractivity (Wildman–Crippen MR) is 119 cm³/mol. The van der Waals surface area contributed by atoms with Gasteiger partial charge in [0.1, 0.15) is 22.7 Å². The van der Waals surface area contributed by atoms with Crippen molar-refractivity contribution in [2.24, 2.45) is 11.8 Å². The lowest BCUT2D eigenvalue weighted by atomic mass is 9.61. The average molecular weight is 397 g/mol. The van der Waals surface area contributed by atoms with Crippen molar-refractivity contribution in [2.45, 2.75) is 122 Å². The van der Waals surface area contributed by atoms with Crippen LogP contribution in [0, 0.1) is 18.8 Å². The van der Waals surface area contributed by atoms with Gasteiger partial charge in [-0.25, -0.2) is 0 Å². The number of hydrogen-bond donors (Lipinski definition) is 0. The minimum Gasteiger partial charge on any atom is -0.486 e. The number of benzene rings is 1. The zero-order valence-electron chi connectivity index (χ0n) is 19.7. The maximum atomic E-state index is 6.94. The summed E-state index contributed by atoms with van der Waals surface area (Å²) >= 11 is 0. The summed E-state index contributed by atoms with van der Waals surface area (Å²) in [5.41, 5.74) is 4.14. The highest BCUT2D eigenvalue weighted by molar-refractivity contribution is 5.64. The molecule has 0 saturated heterocycles. The van der Waals surface area contributed by atoms with Gasteiger partial charge in [-0.3, -0.25) is 0 Å². The second-order valence-corrected chi connectivity index (χ2v) is 12.1. The maximum Gasteiger partial charge on any atom is 0.130 e. The molecule has 4 aliphatic rings. The van der Waals surface area contributed by atoms with Crippen molar-refractivity contribution in [3.63, 3.8) is 0 Å². The van der Waals surface area contributed by atoms with Crippen LogP contribution in [-0.2, 0) is 10.8 Å². The summed E-state index contributed by atoms with van der Waals surface area (Å²) in [6, 6.07) is 2.50. The number of fused-ring (bicyclic) bond motifs is 2. The van der Waals surface area contributed by atoms with Crippen molar-refractivity contribution in [1.29, 1.82) is 0 Å². The molecule has 1 aromatic rings. The number of ether oxygens (including phenoxy) is 2. The van der Waals surface area contributed by atoms with Gasteiger partial charge in [0.2, 0.25) is 0 Å². The fourth-order valence-corrected chi connectivity index (χ4v) is 7.02. The van der Waals surface area contributed by atoms with Crippen LogP contribution in [-0.4, -0.2) is 11.2 Å². The lowest BCUT2D eigenvalue weighted by Gasteiger charge is -2.45. The second kappa shape index (κ2) is 5.95. The summed E-state index contributed by atoms with van der Waals surface area (Å²) in [4.78, 5) is 0. The Morgan fingerprint density at radius 3 is 1.38 bits per heavy atom. The van der Waals surface area contributed by atoms with Crippen LogP contribution in [0.5, 0.6) is 11.5 Å². The predicted octanol–water partition coefficient (Wildman–Crippen LogP) is 7.23. The summed E-state index contributed by atoms with van der Waals surface area (Å²) in [6.07, 6.45) is 9.80. The number of hydrogen-bond acceptors (Lipinski definition) is 2. The third kappa shape index (κ3) is 2.41. The summed E-state index contributed by atoms with van der Waals surface area (Å²) < 4.78 is 13.9. The molecule has 2 spiro atoms. The molecule has 2 nitrogen and oxygen atoms in total. The third-order valence-electron chi connectivity index (χ3n) is 9.84. The van der Waals surface area contributed by atoms with Gasteiger partial charge in [-0.05, 0) is 76.2 Å². The van der Waals surface area contributed by atoms with Gasteiger partial charge in [-0.15, -0.1) is 0 Å². The summed E-state index contributed by atoms with van der Waals surface area (Å²) in [7, 11) is 0. The molecule has 160 valence electrons. The largest absolute Gasteiger partial charge is 0.486 e. The zero-order valence-corrected chi connectivity index (χ0v) is 19.7. The van der Waals surface area contributed by atoms with Gasteiger partial charge in [-0.1, -0.05) is 41.5 Å². The molecule has 0 radical (unpaired) electrons. The van der Waals surface area contributed by atoms with Crippen molar-refractivity contribution >= 4 is 0 Å². The molecule has 2 heterocycles. The van der Waals surface area contributed by atoms with E-state index in [0.29, 0.717) is 0 Å². The molecule has 0 atom stereocenters. The number of rotatable bonds is 0. The van der Waals surface area contributed by atoms with Crippen LogP contribution in [0.2, 0.25) is 0 Å². The van der Waals surface area contributed by atoms with Gasteiger partial charge in [0, 0.05) is 27.5 Å². The van der Waals surface area contributed by atoms with Crippen molar-refractivity contribution in [1.82, 2.24) is 0 Å². The molecule has 1 aromatic carbocycles. The zero-order chi connectivity index (χ0) is 20.8. The van der Waals surface area contributed by atoms with E-state index < -0.39 is 0 Å². The SMILES string of the molecule is Cc1c2c(cc3c1OC1(CCC(C)CC1)C3(C)C)C(C)(C)C1(CCC(C)CC1)O2. The molecule has 2 fully saturated rings. The van der Waals surface area contributed by atoms with Crippen LogP contribution in [0.15, 0.2) is 6.07 Å².